The van der Waals surface area contributed by atoms with E-state index < -0.39 is 5.97 Å². The molecule has 27 heavy (non-hydrogen) atoms. The van der Waals surface area contributed by atoms with Gasteiger partial charge in [0.15, 0.2) is 17.0 Å². The van der Waals surface area contributed by atoms with Crippen LogP contribution in [0.25, 0.3) is 11.2 Å². The molecule has 0 atom stereocenters. The Morgan fingerprint density at radius 2 is 1.93 bits per heavy atom. The fourth-order valence-corrected chi connectivity index (χ4v) is 2.64. The number of benzene rings is 1. The van der Waals surface area contributed by atoms with Crippen molar-refractivity contribution in [3.8, 4) is 0 Å². The number of anilines is 1. The quantitative estimate of drug-likeness (QED) is 0.586. The number of carbonyl (C=O) groups excluding carboxylic acids is 1. The number of nitrogens with zero attached hydrogens (tertiary/aromatic N) is 6. The van der Waals surface area contributed by atoms with Crippen molar-refractivity contribution >= 4 is 23.0 Å². The molecule has 0 aliphatic rings. The van der Waals surface area contributed by atoms with Crippen LogP contribution in [0.3, 0.4) is 0 Å². The molecule has 1 N–H and O–H groups in total. The number of aliphatic hydroxyl groups is 1. The van der Waals surface area contributed by atoms with E-state index >= 15 is 0 Å². The monoisotopic (exact) mass is 370 g/mol. The average Bonchev–Trinajstić information content (AvgIpc) is 3.10. The highest BCUT2D eigenvalue weighted by atomic mass is 16.7. The van der Waals surface area contributed by atoms with E-state index in [1.165, 1.54) is 11.4 Å². The van der Waals surface area contributed by atoms with Crippen LogP contribution in [0.2, 0.25) is 0 Å². The van der Waals surface area contributed by atoms with Crippen molar-refractivity contribution in [2.24, 2.45) is 0 Å². The van der Waals surface area contributed by atoms with Gasteiger partial charge in [-0.3, -0.25) is 0 Å². The lowest BCUT2D eigenvalue weighted by atomic mass is 10.2. The molecule has 9 heteroatoms. The van der Waals surface area contributed by atoms with Gasteiger partial charge in [-0.25, -0.2) is 19.7 Å². The van der Waals surface area contributed by atoms with E-state index in [-0.39, 0.29) is 13.2 Å². The number of carbonyl (C=O) groups is 1. The number of hydrogen-bond donors (Lipinski definition) is 1. The minimum Gasteiger partial charge on any atom is -0.395 e. The van der Waals surface area contributed by atoms with Gasteiger partial charge in [0.05, 0.1) is 31.6 Å². The zero-order valence-electron chi connectivity index (χ0n) is 15.3. The lowest BCUT2D eigenvalue weighted by Crippen LogP contribution is -2.33. The fraction of sp³-hybridized carbons (Fsp3) is 0.333. The molecule has 9 nitrogen and oxygen atoms in total. The standard InChI is InChI=1S/C18H22N6O3/c1-22(2)16-15-17(20-12-19-16)23(13-21-15)8-9-24(10-11-25)27-18(26)14-6-4-3-5-7-14/h3-7,12-13,25H,8-11H2,1-2H3. The molecule has 0 aliphatic heterocycles. The summed E-state index contributed by atoms with van der Waals surface area (Å²) in [7, 11) is 3.79. The summed E-state index contributed by atoms with van der Waals surface area (Å²) in [5.74, 6) is 0.276. The van der Waals surface area contributed by atoms with Crippen LogP contribution in [0.1, 0.15) is 10.4 Å². The van der Waals surface area contributed by atoms with Crippen LogP contribution in [-0.4, -0.2) is 69.4 Å². The molecule has 0 saturated carbocycles. The summed E-state index contributed by atoms with van der Waals surface area (Å²) in [6.45, 7) is 0.956. The van der Waals surface area contributed by atoms with Crippen molar-refractivity contribution in [1.82, 2.24) is 24.6 Å². The normalized spacial score (nSPS) is 11.1. The smallest absolute Gasteiger partial charge is 0.357 e. The van der Waals surface area contributed by atoms with Gasteiger partial charge in [-0.1, -0.05) is 18.2 Å². The highest BCUT2D eigenvalue weighted by molar-refractivity contribution is 5.89. The van der Waals surface area contributed by atoms with Crippen molar-refractivity contribution in [2.75, 3.05) is 38.7 Å². The Morgan fingerprint density at radius 3 is 2.63 bits per heavy atom. The first-order valence-corrected chi connectivity index (χ1v) is 8.56. The molecule has 0 spiro atoms. The first-order valence-electron chi connectivity index (χ1n) is 8.56. The van der Waals surface area contributed by atoms with E-state index in [9.17, 15) is 9.90 Å². The first-order chi connectivity index (χ1) is 13.1. The highest BCUT2D eigenvalue weighted by Crippen LogP contribution is 2.19. The van der Waals surface area contributed by atoms with Gasteiger partial charge in [0.2, 0.25) is 0 Å². The number of hydrogen-bond acceptors (Lipinski definition) is 8. The van der Waals surface area contributed by atoms with E-state index in [1.54, 1.807) is 30.6 Å². The van der Waals surface area contributed by atoms with Crippen molar-refractivity contribution in [3.63, 3.8) is 0 Å². The van der Waals surface area contributed by atoms with E-state index in [1.807, 2.05) is 29.6 Å². The Hall–Kier alpha value is -3.04. The van der Waals surface area contributed by atoms with Crippen molar-refractivity contribution < 1.29 is 14.7 Å². The number of imidazole rings is 1. The summed E-state index contributed by atoms with van der Waals surface area (Å²) in [6, 6.07) is 8.74. The van der Waals surface area contributed by atoms with Gasteiger partial charge in [0.1, 0.15) is 6.33 Å². The van der Waals surface area contributed by atoms with Gasteiger partial charge in [0.25, 0.3) is 0 Å². The zero-order valence-corrected chi connectivity index (χ0v) is 15.3. The van der Waals surface area contributed by atoms with E-state index in [2.05, 4.69) is 15.0 Å². The van der Waals surface area contributed by atoms with Crippen LogP contribution < -0.4 is 4.90 Å². The van der Waals surface area contributed by atoms with E-state index in [4.69, 9.17) is 4.84 Å². The minimum absolute atomic E-state index is 0.125. The Bertz CT molecular complexity index is 897. The number of hydroxylamine groups is 2. The third-order valence-corrected chi connectivity index (χ3v) is 3.97. The molecule has 3 aromatic rings. The molecular weight excluding hydrogens is 348 g/mol. The maximum Gasteiger partial charge on any atom is 0.357 e. The number of rotatable bonds is 8. The first kappa shape index (κ1) is 18.7. The highest BCUT2D eigenvalue weighted by Gasteiger charge is 2.16. The number of aromatic nitrogens is 4. The Morgan fingerprint density at radius 1 is 1.15 bits per heavy atom. The average molecular weight is 370 g/mol. The molecule has 2 aromatic heterocycles. The molecule has 0 bridgehead atoms. The second-order valence-corrected chi connectivity index (χ2v) is 6.10. The van der Waals surface area contributed by atoms with Gasteiger partial charge in [-0.05, 0) is 12.1 Å². The summed E-state index contributed by atoms with van der Waals surface area (Å²) in [4.78, 5) is 32.5. The summed E-state index contributed by atoms with van der Waals surface area (Å²) in [6.07, 6.45) is 3.18. The Labute approximate surface area is 156 Å². The summed E-state index contributed by atoms with van der Waals surface area (Å²) in [5.41, 5.74) is 1.86. The lowest BCUT2D eigenvalue weighted by molar-refractivity contribution is -0.116. The molecule has 142 valence electrons. The molecule has 0 amide bonds. The van der Waals surface area contributed by atoms with Gasteiger partial charge in [0, 0.05) is 20.6 Å². The summed E-state index contributed by atoms with van der Waals surface area (Å²) >= 11 is 0. The van der Waals surface area contributed by atoms with Crippen LogP contribution in [-0.2, 0) is 11.4 Å². The molecule has 1 aromatic carbocycles. The van der Waals surface area contributed by atoms with Gasteiger partial charge >= 0.3 is 5.97 Å². The maximum atomic E-state index is 12.2. The number of aliphatic hydroxyl groups excluding tert-OH is 1. The lowest BCUT2D eigenvalue weighted by Gasteiger charge is -2.20. The zero-order chi connectivity index (χ0) is 19.2. The Balaban J connectivity index is 1.70. The van der Waals surface area contributed by atoms with Crippen LogP contribution >= 0.6 is 0 Å². The second kappa shape index (κ2) is 8.56. The predicted molar refractivity (Wildman–Crippen MR) is 100 cm³/mol. The second-order valence-electron chi connectivity index (χ2n) is 6.10. The predicted octanol–water partition coefficient (Wildman–Crippen LogP) is 0.959. The van der Waals surface area contributed by atoms with Crippen LogP contribution in [0.15, 0.2) is 43.0 Å². The third-order valence-electron chi connectivity index (χ3n) is 3.97. The van der Waals surface area contributed by atoms with E-state index in [0.29, 0.717) is 29.8 Å². The topological polar surface area (TPSA) is 96.6 Å². The Kier molecular flexibility index (Phi) is 5.94. The molecule has 2 heterocycles. The third kappa shape index (κ3) is 4.39. The van der Waals surface area contributed by atoms with Crippen molar-refractivity contribution in [2.45, 2.75) is 6.54 Å². The molecule has 0 radical (unpaired) electrons. The van der Waals surface area contributed by atoms with E-state index in [0.717, 1.165) is 5.82 Å². The van der Waals surface area contributed by atoms with Crippen LogP contribution in [0, 0.1) is 0 Å². The summed E-state index contributed by atoms with van der Waals surface area (Å²) in [5, 5.41) is 10.7. The fourth-order valence-electron chi connectivity index (χ4n) is 2.64. The molecule has 0 unspecified atom stereocenters. The molecule has 3 rings (SSSR count). The largest absolute Gasteiger partial charge is 0.395 e. The molecule has 0 saturated heterocycles. The molecule has 0 fully saturated rings. The van der Waals surface area contributed by atoms with Crippen LogP contribution in [0.5, 0.6) is 0 Å². The van der Waals surface area contributed by atoms with Crippen molar-refractivity contribution in [3.05, 3.63) is 48.5 Å². The van der Waals surface area contributed by atoms with Gasteiger partial charge in [-0.15, -0.1) is 5.06 Å². The minimum atomic E-state index is -0.461. The summed E-state index contributed by atoms with van der Waals surface area (Å²) < 4.78 is 1.87. The molecular formula is C18H22N6O3. The molecule has 0 aliphatic carbocycles. The maximum absolute atomic E-state index is 12.2. The van der Waals surface area contributed by atoms with Crippen LogP contribution in [0.4, 0.5) is 5.82 Å². The van der Waals surface area contributed by atoms with Crippen molar-refractivity contribution in [1.29, 1.82) is 0 Å². The number of fused-ring (bicyclic) bond motifs is 1. The van der Waals surface area contributed by atoms with Gasteiger partial charge < -0.3 is 19.4 Å². The van der Waals surface area contributed by atoms with Gasteiger partial charge in [-0.2, -0.15) is 0 Å². The SMILES string of the molecule is CN(C)c1ncnc2c1ncn2CCN(CCO)OC(=O)c1ccccc1.